The molecule has 30 heavy (non-hydrogen) atoms. The smallest absolute Gasteiger partial charge is 0.257 e. The highest BCUT2D eigenvalue weighted by atomic mass is 16.1. The molecule has 0 atom stereocenters. The molecule has 0 saturated heterocycles. The van der Waals surface area contributed by atoms with Crippen molar-refractivity contribution in [3.63, 3.8) is 0 Å². The number of hydrogen-bond acceptors (Lipinski definition) is 5. The van der Waals surface area contributed by atoms with Gasteiger partial charge in [0, 0.05) is 6.54 Å². The number of hydrogen-bond donors (Lipinski definition) is 2. The van der Waals surface area contributed by atoms with Crippen LogP contribution in [0.15, 0.2) is 53.6 Å². The van der Waals surface area contributed by atoms with E-state index in [-0.39, 0.29) is 11.7 Å². The number of carbonyl (C=O) groups is 1. The predicted molar refractivity (Wildman–Crippen MR) is 121 cm³/mol. The van der Waals surface area contributed by atoms with Crippen molar-refractivity contribution in [1.29, 1.82) is 0 Å². The van der Waals surface area contributed by atoms with E-state index >= 15 is 0 Å². The SMILES string of the molecule is Cc1cccc(/C=N/n2c(N)c(C(=O)NCC(C)C)c3nc4ccccc4nc32)c1. The lowest BCUT2D eigenvalue weighted by Gasteiger charge is -2.07. The number of rotatable bonds is 5. The van der Waals surface area contributed by atoms with Gasteiger partial charge in [0.15, 0.2) is 5.65 Å². The van der Waals surface area contributed by atoms with Crippen LogP contribution in [0.4, 0.5) is 5.82 Å². The molecule has 0 aliphatic heterocycles. The topological polar surface area (TPSA) is 98.2 Å². The van der Waals surface area contributed by atoms with Gasteiger partial charge in [0.05, 0.1) is 17.2 Å². The predicted octanol–water partition coefficient (Wildman–Crippen LogP) is 3.74. The Hall–Kier alpha value is -3.74. The number of aryl methyl sites for hydroxylation is 1. The molecule has 2 heterocycles. The van der Waals surface area contributed by atoms with Crippen LogP contribution in [0.2, 0.25) is 0 Å². The van der Waals surface area contributed by atoms with Crippen LogP contribution in [0.1, 0.15) is 35.3 Å². The molecule has 4 aromatic rings. The van der Waals surface area contributed by atoms with Crippen LogP contribution in [0.5, 0.6) is 0 Å². The number of nitrogens with one attached hydrogen (secondary N) is 1. The number of amides is 1. The lowest BCUT2D eigenvalue weighted by Crippen LogP contribution is -2.28. The Morgan fingerprint density at radius 3 is 2.60 bits per heavy atom. The Morgan fingerprint density at radius 2 is 1.90 bits per heavy atom. The monoisotopic (exact) mass is 400 g/mol. The van der Waals surface area contributed by atoms with Gasteiger partial charge >= 0.3 is 0 Å². The van der Waals surface area contributed by atoms with Gasteiger partial charge in [-0.3, -0.25) is 4.79 Å². The maximum atomic E-state index is 12.9. The second kappa shape index (κ2) is 7.94. The Kier molecular flexibility index (Phi) is 5.18. The molecule has 0 bridgehead atoms. The summed E-state index contributed by atoms with van der Waals surface area (Å²) in [5.74, 6) is 0.250. The van der Waals surface area contributed by atoms with Gasteiger partial charge in [-0.05, 0) is 30.5 Å². The van der Waals surface area contributed by atoms with Crippen molar-refractivity contribution in [2.75, 3.05) is 12.3 Å². The van der Waals surface area contributed by atoms with E-state index in [9.17, 15) is 4.79 Å². The van der Waals surface area contributed by atoms with Crippen LogP contribution < -0.4 is 11.1 Å². The summed E-state index contributed by atoms with van der Waals surface area (Å²) in [6.45, 7) is 6.63. The summed E-state index contributed by atoms with van der Waals surface area (Å²) in [7, 11) is 0. The van der Waals surface area contributed by atoms with Crippen molar-refractivity contribution >= 4 is 40.1 Å². The van der Waals surface area contributed by atoms with Gasteiger partial charge in [0.1, 0.15) is 16.9 Å². The number of para-hydroxylation sites is 2. The van der Waals surface area contributed by atoms with Crippen molar-refractivity contribution in [3.8, 4) is 0 Å². The van der Waals surface area contributed by atoms with Gasteiger partial charge in [-0.25, -0.2) is 9.97 Å². The molecule has 3 N–H and O–H groups in total. The number of aromatic nitrogens is 3. The fraction of sp³-hybridized carbons (Fsp3) is 0.217. The Morgan fingerprint density at radius 1 is 1.17 bits per heavy atom. The maximum absolute atomic E-state index is 12.9. The van der Waals surface area contributed by atoms with Gasteiger partial charge in [0.25, 0.3) is 5.91 Å². The summed E-state index contributed by atoms with van der Waals surface area (Å²) in [4.78, 5) is 22.3. The third kappa shape index (κ3) is 3.74. The first-order valence-electron chi connectivity index (χ1n) is 9.90. The molecule has 152 valence electrons. The van der Waals surface area contributed by atoms with E-state index in [0.717, 1.165) is 11.1 Å². The third-order valence-corrected chi connectivity index (χ3v) is 4.74. The molecule has 0 aliphatic rings. The van der Waals surface area contributed by atoms with Crippen LogP contribution >= 0.6 is 0 Å². The van der Waals surface area contributed by atoms with E-state index in [2.05, 4.69) is 15.4 Å². The van der Waals surface area contributed by atoms with Crippen molar-refractivity contribution in [2.24, 2.45) is 11.0 Å². The summed E-state index contributed by atoms with van der Waals surface area (Å²) >= 11 is 0. The first-order valence-corrected chi connectivity index (χ1v) is 9.90. The molecule has 1 amide bonds. The fourth-order valence-corrected chi connectivity index (χ4v) is 3.25. The molecule has 2 aromatic heterocycles. The number of benzene rings is 2. The van der Waals surface area contributed by atoms with Crippen LogP contribution in [0.3, 0.4) is 0 Å². The molecule has 7 heteroatoms. The molecule has 0 saturated carbocycles. The second-order valence-electron chi connectivity index (χ2n) is 7.72. The quantitative estimate of drug-likeness (QED) is 0.499. The molecule has 0 unspecified atom stereocenters. The molecule has 2 aromatic carbocycles. The normalized spacial score (nSPS) is 11.7. The number of fused-ring (bicyclic) bond motifs is 2. The third-order valence-electron chi connectivity index (χ3n) is 4.74. The molecular formula is C23H24N6O. The summed E-state index contributed by atoms with van der Waals surface area (Å²) in [6, 6.07) is 15.5. The molecular weight excluding hydrogens is 376 g/mol. The molecule has 0 fully saturated rings. The zero-order valence-corrected chi connectivity index (χ0v) is 17.3. The van der Waals surface area contributed by atoms with Crippen molar-refractivity contribution in [2.45, 2.75) is 20.8 Å². The standard InChI is InChI=1S/C23H24N6O/c1-14(2)12-25-23(30)19-20-22(28-18-10-5-4-9-17(18)27-20)29(21(19)24)26-13-16-8-6-7-15(3)11-16/h4-11,13-14H,12,24H2,1-3H3,(H,25,30)/b26-13+. The van der Waals surface area contributed by atoms with Crippen LogP contribution in [0, 0.1) is 12.8 Å². The number of carbonyl (C=O) groups excluding carboxylic acids is 1. The molecule has 0 aliphatic carbocycles. The molecule has 0 radical (unpaired) electrons. The van der Waals surface area contributed by atoms with E-state index in [1.54, 1.807) is 6.21 Å². The van der Waals surface area contributed by atoms with Gasteiger partial charge in [-0.2, -0.15) is 9.78 Å². The Balaban J connectivity index is 1.89. The minimum absolute atomic E-state index is 0.213. The lowest BCUT2D eigenvalue weighted by atomic mass is 10.2. The Bertz CT molecular complexity index is 1270. The zero-order chi connectivity index (χ0) is 21.3. The highest BCUT2D eigenvalue weighted by Crippen LogP contribution is 2.27. The van der Waals surface area contributed by atoms with E-state index in [1.807, 2.05) is 69.3 Å². The van der Waals surface area contributed by atoms with Crippen molar-refractivity contribution in [3.05, 3.63) is 65.2 Å². The van der Waals surface area contributed by atoms with Crippen molar-refractivity contribution < 1.29 is 4.79 Å². The average Bonchev–Trinajstić information content (AvgIpc) is 2.99. The van der Waals surface area contributed by atoms with Crippen molar-refractivity contribution in [1.82, 2.24) is 20.0 Å². The fourth-order valence-electron chi connectivity index (χ4n) is 3.25. The van der Waals surface area contributed by atoms with Gasteiger partial charge < -0.3 is 11.1 Å². The number of nitrogens with two attached hydrogens (primary N) is 1. The second-order valence-corrected chi connectivity index (χ2v) is 7.72. The summed E-state index contributed by atoms with van der Waals surface area (Å²) in [6.07, 6.45) is 1.70. The van der Waals surface area contributed by atoms with E-state index in [1.165, 1.54) is 4.68 Å². The van der Waals surface area contributed by atoms with E-state index in [0.29, 0.717) is 40.2 Å². The highest BCUT2D eigenvalue weighted by molar-refractivity contribution is 6.10. The first-order chi connectivity index (χ1) is 14.4. The summed E-state index contributed by atoms with van der Waals surface area (Å²) in [5, 5.41) is 7.46. The number of anilines is 1. The molecule has 0 spiro atoms. The minimum atomic E-state index is -0.278. The van der Waals surface area contributed by atoms with E-state index in [4.69, 9.17) is 10.7 Å². The van der Waals surface area contributed by atoms with Gasteiger partial charge in [-0.1, -0.05) is 55.8 Å². The van der Waals surface area contributed by atoms with Crippen LogP contribution in [-0.2, 0) is 0 Å². The average molecular weight is 400 g/mol. The number of nitrogens with zero attached hydrogens (tertiary/aromatic N) is 4. The molecule has 4 rings (SSSR count). The van der Waals surface area contributed by atoms with Gasteiger partial charge in [0.2, 0.25) is 0 Å². The van der Waals surface area contributed by atoms with Crippen LogP contribution in [0.25, 0.3) is 22.2 Å². The first kappa shape index (κ1) is 19.6. The van der Waals surface area contributed by atoms with E-state index < -0.39 is 0 Å². The zero-order valence-electron chi connectivity index (χ0n) is 17.3. The summed E-state index contributed by atoms with van der Waals surface area (Å²) < 4.78 is 1.49. The highest BCUT2D eigenvalue weighted by Gasteiger charge is 2.24. The lowest BCUT2D eigenvalue weighted by molar-refractivity contribution is 0.0951. The number of nitrogen functional groups attached to an aromatic ring is 1. The minimum Gasteiger partial charge on any atom is -0.383 e. The summed E-state index contributed by atoms with van der Waals surface area (Å²) in [5.41, 5.74) is 11.0. The maximum Gasteiger partial charge on any atom is 0.257 e. The van der Waals surface area contributed by atoms with Crippen LogP contribution in [-0.4, -0.2) is 33.3 Å². The Labute approximate surface area is 174 Å². The van der Waals surface area contributed by atoms with Gasteiger partial charge in [-0.15, -0.1) is 0 Å². The largest absolute Gasteiger partial charge is 0.383 e. The molecule has 7 nitrogen and oxygen atoms in total.